The molecular formula is C14H15ClFN3. The van der Waals surface area contributed by atoms with E-state index < -0.39 is 0 Å². The number of hydrogen-bond acceptors (Lipinski definition) is 3. The predicted octanol–water partition coefficient (Wildman–Crippen LogP) is 2.96. The van der Waals surface area contributed by atoms with Gasteiger partial charge in [-0.2, -0.15) is 0 Å². The largest absolute Gasteiger partial charge is 0.384 e. The zero-order valence-corrected chi connectivity index (χ0v) is 11.3. The molecule has 1 aromatic heterocycles. The van der Waals surface area contributed by atoms with E-state index in [9.17, 15) is 4.39 Å². The van der Waals surface area contributed by atoms with Crippen LogP contribution in [0.25, 0.3) is 0 Å². The minimum absolute atomic E-state index is 0.140. The molecule has 0 amide bonds. The van der Waals surface area contributed by atoms with Gasteiger partial charge in [-0.25, -0.2) is 9.37 Å². The SMILES string of the molecule is CNC(Cc1ccnc(N)c1)c1ccc(Cl)cc1F. The van der Waals surface area contributed by atoms with E-state index in [1.54, 1.807) is 31.4 Å². The van der Waals surface area contributed by atoms with Crippen LogP contribution in [0.3, 0.4) is 0 Å². The molecule has 100 valence electrons. The van der Waals surface area contributed by atoms with Gasteiger partial charge in [0.05, 0.1) is 0 Å². The molecule has 0 saturated carbocycles. The van der Waals surface area contributed by atoms with Crippen LogP contribution in [0, 0.1) is 5.82 Å². The summed E-state index contributed by atoms with van der Waals surface area (Å²) in [5, 5.41) is 3.50. The number of rotatable bonds is 4. The zero-order valence-electron chi connectivity index (χ0n) is 10.5. The number of nitrogens with one attached hydrogen (secondary N) is 1. The van der Waals surface area contributed by atoms with Crippen molar-refractivity contribution in [1.82, 2.24) is 10.3 Å². The van der Waals surface area contributed by atoms with Crippen LogP contribution in [0.4, 0.5) is 10.2 Å². The Labute approximate surface area is 116 Å². The Morgan fingerprint density at radius 1 is 1.37 bits per heavy atom. The van der Waals surface area contributed by atoms with Crippen molar-refractivity contribution < 1.29 is 4.39 Å². The average Bonchev–Trinajstić information content (AvgIpc) is 2.37. The monoisotopic (exact) mass is 279 g/mol. The van der Waals surface area contributed by atoms with Crippen LogP contribution in [0.1, 0.15) is 17.2 Å². The third-order valence-corrected chi connectivity index (χ3v) is 3.21. The summed E-state index contributed by atoms with van der Waals surface area (Å²) >= 11 is 5.76. The smallest absolute Gasteiger partial charge is 0.129 e. The van der Waals surface area contributed by atoms with Gasteiger partial charge in [0.2, 0.25) is 0 Å². The van der Waals surface area contributed by atoms with E-state index in [0.717, 1.165) is 5.56 Å². The van der Waals surface area contributed by atoms with Gasteiger partial charge in [-0.1, -0.05) is 17.7 Å². The minimum atomic E-state index is -0.311. The summed E-state index contributed by atoms with van der Waals surface area (Å²) < 4.78 is 13.9. The maximum absolute atomic E-state index is 13.9. The molecule has 0 bridgehead atoms. The van der Waals surface area contributed by atoms with Gasteiger partial charge in [-0.3, -0.25) is 0 Å². The number of aromatic nitrogens is 1. The van der Waals surface area contributed by atoms with E-state index in [4.69, 9.17) is 17.3 Å². The fourth-order valence-electron chi connectivity index (χ4n) is 2.01. The highest BCUT2D eigenvalue weighted by Crippen LogP contribution is 2.23. The Balaban J connectivity index is 2.25. The molecule has 0 spiro atoms. The fourth-order valence-corrected chi connectivity index (χ4v) is 2.17. The topological polar surface area (TPSA) is 50.9 Å². The van der Waals surface area contributed by atoms with E-state index in [1.807, 2.05) is 6.07 Å². The lowest BCUT2D eigenvalue weighted by molar-refractivity contribution is 0.534. The molecule has 1 unspecified atom stereocenters. The molecule has 19 heavy (non-hydrogen) atoms. The lowest BCUT2D eigenvalue weighted by Crippen LogP contribution is -2.20. The van der Waals surface area contributed by atoms with Gasteiger partial charge in [0.25, 0.3) is 0 Å². The Kier molecular flexibility index (Phi) is 4.35. The molecule has 3 N–H and O–H groups in total. The number of pyridine rings is 1. The van der Waals surface area contributed by atoms with Gasteiger partial charge >= 0.3 is 0 Å². The van der Waals surface area contributed by atoms with Crippen molar-refractivity contribution in [2.75, 3.05) is 12.8 Å². The number of halogens is 2. The van der Waals surface area contributed by atoms with Crippen LogP contribution in [0.5, 0.6) is 0 Å². The minimum Gasteiger partial charge on any atom is -0.384 e. The van der Waals surface area contributed by atoms with Crippen LogP contribution in [-0.2, 0) is 6.42 Å². The molecule has 0 aliphatic rings. The maximum Gasteiger partial charge on any atom is 0.129 e. The Hall–Kier alpha value is -1.65. The summed E-state index contributed by atoms with van der Waals surface area (Å²) in [4.78, 5) is 3.94. The normalized spacial score (nSPS) is 12.4. The third-order valence-electron chi connectivity index (χ3n) is 2.97. The average molecular weight is 280 g/mol. The highest BCUT2D eigenvalue weighted by Gasteiger charge is 2.15. The molecule has 1 heterocycles. The highest BCUT2D eigenvalue weighted by atomic mass is 35.5. The third kappa shape index (κ3) is 3.43. The Morgan fingerprint density at radius 3 is 2.79 bits per heavy atom. The second-order valence-corrected chi connectivity index (χ2v) is 4.74. The van der Waals surface area contributed by atoms with E-state index in [2.05, 4.69) is 10.3 Å². The lowest BCUT2D eigenvalue weighted by atomic mass is 9.99. The first kappa shape index (κ1) is 13.8. The van der Waals surface area contributed by atoms with E-state index >= 15 is 0 Å². The molecule has 0 aliphatic heterocycles. The lowest BCUT2D eigenvalue weighted by Gasteiger charge is -2.17. The van der Waals surface area contributed by atoms with Crippen molar-refractivity contribution in [2.45, 2.75) is 12.5 Å². The quantitative estimate of drug-likeness (QED) is 0.905. The second-order valence-electron chi connectivity index (χ2n) is 4.30. The first-order valence-electron chi connectivity index (χ1n) is 5.92. The molecular weight excluding hydrogens is 265 g/mol. The standard InChI is InChI=1S/C14H15ClFN3/c1-18-13(6-9-4-5-19-14(17)7-9)11-3-2-10(15)8-12(11)16/h2-5,7-8,13,18H,6H2,1H3,(H2,17,19). The van der Waals surface area contributed by atoms with Gasteiger partial charge in [0.1, 0.15) is 11.6 Å². The first-order valence-corrected chi connectivity index (χ1v) is 6.30. The summed E-state index contributed by atoms with van der Waals surface area (Å²) in [6.45, 7) is 0. The number of nitrogens with zero attached hydrogens (tertiary/aromatic N) is 1. The summed E-state index contributed by atoms with van der Waals surface area (Å²) in [5.41, 5.74) is 7.23. The van der Waals surface area contributed by atoms with Gasteiger partial charge < -0.3 is 11.1 Å². The Morgan fingerprint density at radius 2 is 2.16 bits per heavy atom. The van der Waals surface area contributed by atoms with Crippen molar-refractivity contribution in [3.8, 4) is 0 Å². The molecule has 2 aromatic rings. The number of anilines is 1. The van der Waals surface area contributed by atoms with Crippen LogP contribution in [-0.4, -0.2) is 12.0 Å². The van der Waals surface area contributed by atoms with Crippen LogP contribution in [0.15, 0.2) is 36.5 Å². The molecule has 3 nitrogen and oxygen atoms in total. The van der Waals surface area contributed by atoms with E-state index in [0.29, 0.717) is 22.8 Å². The van der Waals surface area contributed by atoms with Gasteiger partial charge in [-0.05, 0) is 43.3 Å². The van der Waals surface area contributed by atoms with Crippen molar-refractivity contribution in [3.63, 3.8) is 0 Å². The molecule has 0 radical (unpaired) electrons. The van der Waals surface area contributed by atoms with Crippen LogP contribution in [0.2, 0.25) is 5.02 Å². The number of likely N-dealkylation sites (N-methyl/N-ethyl adjacent to an activating group) is 1. The number of benzene rings is 1. The molecule has 5 heteroatoms. The summed E-state index contributed by atoms with van der Waals surface area (Å²) in [6, 6.07) is 8.22. The van der Waals surface area contributed by atoms with E-state index in [1.165, 1.54) is 6.07 Å². The molecule has 1 aromatic carbocycles. The van der Waals surface area contributed by atoms with Crippen LogP contribution < -0.4 is 11.1 Å². The second kappa shape index (κ2) is 5.99. The molecule has 2 rings (SSSR count). The summed E-state index contributed by atoms with van der Waals surface area (Å²) in [5.74, 6) is 0.151. The zero-order chi connectivity index (χ0) is 13.8. The fraction of sp³-hybridized carbons (Fsp3) is 0.214. The number of nitrogen functional groups attached to an aromatic ring is 1. The summed E-state index contributed by atoms with van der Waals surface area (Å²) in [6.07, 6.45) is 2.28. The highest BCUT2D eigenvalue weighted by molar-refractivity contribution is 6.30. The number of nitrogens with two attached hydrogens (primary N) is 1. The van der Waals surface area contributed by atoms with E-state index in [-0.39, 0.29) is 11.9 Å². The predicted molar refractivity (Wildman–Crippen MR) is 75.6 cm³/mol. The van der Waals surface area contributed by atoms with Gasteiger partial charge in [-0.15, -0.1) is 0 Å². The van der Waals surface area contributed by atoms with Gasteiger partial charge in [0.15, 0.2) is 0 Å². The molecule has 0 aliphatic carbocycles. The molecule has 0 fully saturated rings. The summed E-state index contributed by atoms with van der Waals surface area (Å²) in [7, 11) is 1.79. The number of hydrogen-bond donors (Lipinski definition) is 2. The van der Waals surface area contributed by atoms with Crippen molar-refractivity contribution in [2.24, 2.45) is 0 Å². The molecule has 1 atom stereocenters. The Bertz CT molecular complexity index is 574. The molecule has 0 saturated heterocycles. The van der Waals surface area contributed by atoms with Crippen molar-refractivity contribution in [3.05, 3.63) is 58.5 Å². The maximum atomic E-state index is 13.9. The first-order chi connectivity index (χ1) is 9.10. The van der Waals surface area contributed by atoms with Crippen LogP contribution >= 0.6 is 11.6 Å². The van der Waals surface area contributed by atoms with Gasteiger partial charge in [0, 0.05) is 22.8 Å². The van der Waals surface area contributed by atoms with Crippen molar-refractivity contribution in [1.29, 1.82) is 0 Å². The van der Waals surface area contributed by atoms with Crippen molar-refractivity contribution >= 4 is 17.4 Å².